The van der Waals surface area contributed by atoms with Gasteiger partial charge in [-0.25, -0.2) is 0 Å². The smallest absolute Gasteiger partial charge is 0.240 e. The number of anilines is 1. The number of nitrogens with one attached hydrogen (secondary N) is 1. The van der Waals surface area contributed by atoms with Crippen LogP contribution in [0.25, 0.3) is 0 Å². The zero-order chi connectivity index (χ0) is 12.1. The Kier molecular flexibility index (Phi) is 4.46. The van der Waals surface area contributed by atoms with Crippen LogP contribution in [0.2, 0.25) is 0 Å². The topological polar surface area (TPSA) is 72.2 Å². The van der Waals surface area contributed by atoms with E-state index in [4.69, 9.17) is 17.3 Å². The molecule has 0 aromatic heterocycles. The number of nitrogens with two attached hydrogens (primary N) is 1. The highest BCUT2D eigenvalue weighted by Gasteiger charge is 2.07. The van der Waals surface area contributed by atoms with Crippen molar-refractivity contribution in [1.29, 1.82) is 0 Å². The minimum Gasteiger partial charge on any atom is -0.325 e. The number of hydrogen-bond donors (Lipinski definition) is 2. The third kappa shape index (κ3) is 4.00. The van der Waals surface area contributed by atoms with Crippen LogP contribution >= 0.6 is 11.6 Å². The summed E-state index contributed by atoms with van der Waals surface area (Å²) in [5.41, 5.74) is 6.86. The summed E-state index contributed by atoms with van der Waals surface area (Å²) in [4.78, 5) is 21.9. The van der Waals surface area contributed by atoms with Gasteiger partial charge in [0.1, 0.15) is 0 Å². The van der Waals surface area contributed by atoms with Crippen molar-refractivity contribution in [2.24, 2.45) is 5.73 Å². The van der Waals surface area contributed by atoms with Gasteiger partial charge in [-0.15, -0.1) is 0 Å². The lowest BCUT2D eigenvalue weighted by molar-refractivity contribution is -0.117. The number of amides is 1. The SMILES string of the molecule is C[C@H](N)C(=O)Nc1ccc(CC(=O)Cl)cc1. The second-order valence-corrected chi connectivity index (χ2v) is 3.93. The van der Waals surface area contributed by atoms with Crippen LogP contribution in [0.15, 0.2) is 24.3 Å². The zero-order valence-electron chi connectivity index (χ0n) is 8.87. The molecule has 1 rings (SSSR count). The first-order valence-corrected chi connectivity index (χ1v) is 5.20. The fraction of sp³-hybridized carbons (Fsp3) is 0.273. The van der Waals surface area contributed by atoms with E-state index in [0.717, 1.165) is 5.56 Å². The van der Waals surface area contributed by atoms with Crippen molar-refractivity contribution in [1.82, 2.24) is 0 Å². The molecule has 16 heavy (non-hydrogen) atoms. The Morgan fingerprint density at radius 1 is 1.38 bits per heavy atom. The van der Waals surface area contributed by atoms with Crippen molar-refractivity contribution in [2.45, 2.75) is 19.4 Å². The van der Waals surface area contributed by atoms with Gasteiger partial charge in [-0.1, -0.05) is 12.1 Å². The van der Waals surface area contributed by atoms with Crippen molar-refractivity contribution < 1.29 is 9.59 Å². The number of rotatable bonds is 4. The van der Waals surface area contributed by atoms with E-state index in [-0.39, 0.29) is 12.3 Å². The molecule has 0 spiro atoms. The maximum Gasteiger partial charge on any atom is 0.240 e. The molecule has 0 bridgehead atoms. The van der Waals surface area contributed by atoms with Gasteiger partial charge < -0.3 is 11.1 Å². The Morgan fingerprint density at radius 3 is 2.38 bits per heavy atom. The van der Waals surface area contributed by atoms with Gasteiger partial charge >= 0.3 is 0 Å². The van der Waals surface area contributed by atoms with Gasteiger partial charge in [0.05, 0.1) is 6.04 Å². The number of hydrogen-bond acceptors (Lipinski definition) is 3. The third-order valence-electron chi connectivity index (χ3n) is 1.98. The molecule has 0 radical (unpaired) electrons. The second-order valence-electron chi connectivity index (χ2n) is 3.51. The van der Waals surface area contributed by atoms with Gasteiger partial charge in [0.15, 0.2) is 0 Å². The average Bonchev–Trinajstić information content (AvgIpc) is 2.20. The lowest BCUT2D eigenvalue weighted by Crippen LogP contribution is -2.32. The lowest BCUT2D eigenvalue weighted by Gasteiger charge is -2.07. The van der Waals surface area contributed by atoms with Crippen LogP contribution in [0.3, 0.4) is 0 Å². The van der Waals surface area contributed by atoms with Gasteiger partial charge in [-0.2, -0.15) is 0 Å². The van der Waals surface area contributed by atoms with E-state index in [0.29, 0.717) is 5.69 Å². The number of carbonyl (C=O) groups is 2. The van der Waals surface area contributed by atoms with E-state index in [2.05, 4.69) is 5.32 Å². The van der Waals surface area contributed by atoms with Crippen LogP contribution < -0.4 is 11.1 Å². The Balaban J connectivity index is 2.64. The van der Waals surface area contributed by atoms with Gasteiger partial charge in [0.2, 0.25) is 11.1 Å². The first-order valence-electron chi connectivity index (χ1n) is 4.83. The van der Waals surface area contributed by atoms with Crippen molar-refractivity contribution in [3.8, 4) is 0 Å². The van der Waals surface area contributed by atoms with Crippen molar-refractivity contribution in [3.63, 3.8) is 0 Å². The molecule has 0 unspecified atom stereocenters. The summed E-state index contributed by atoms with van der Waals surface area (Å²) in [6.07, 6.45) is 0.184. The van der Waals surface area contributed by atoms with Crippen LogP contribution in [0.1, 0.15) is 12.5 Å². The number of benzene rings is 1. The normalized spacial score (nSPS) is 11.9. The van der Waals surface area contributed by atoms with E-state index in [9.17, 15) is 9.59 Å². The number of carbonyl (C=O) groups excluding carboxylic acids is 2. The highest BCUT2D eigenvalue weighted by molar-refractivity contribution is 6.63. The largest absolute Gasteiger partial charge is 0.325 e. The molecule has 4 nitrogen and oxygen atoms in total. The van der Waals surface area contributed by atoms with Gasteiger partial charge in [-0.05, 0) is 36.2 Å². The van der Waals surface area contributed by atoms with Crippen LogP contribution in [0.5, 0.6) is 0 Å². The highest BCUT2D eigenvalue weighted by atomic mass is 35.5. The summed E-state index contributed by atoms with van der Waals surface area (Å²) in [6, 6.07) is 6.32. The van der Waals surface area contributed by atoms with E-state index in [1.807, 2.05) is 0 Å². The van der Waals surface area contributed by atoms with Crippen LogP contribution in [-0.4, -0.2) is 17.2 Å². The highest BCUT2D eigenvalue weighted by Crippen LogP contribution is 2.11. The molecule has 0 saturated heterocycles. The lowest BCUT2D eigenvalue weighted by atomic mass is 10.1. The van der Waals surface area contributed by atoms with E-state index >= 15 is 0 Å². The minimum atomic E-state index is -0.552. The fourth-order valence-corrected chi connectivity index (χ4v) is 1.28. The summed E-state index contributed by atoms with van der Waals surface area (Å²) in [5.74, 6) is -0.249. The van der Waals surface area contributed by atoms with Crippen molar-refractivity contribution in [2.75, 3.05) is 5.32 Å². The van der Waals surface area contributed by atoms with Crippen molar-refractivity contribution in [3.05, 3.63) is 29.8 Å². The molecule has 1 atom stereocenters. The summed E-state index contributed by atoms with van der Waals surface area (Å²) in [5, 5.41) is 2.23. The summed E-state index contributed by atoms with van der Waals surface area (Å²) < 4.78 is 0. The molecule has 86 valence electrons. The van der Waals surface area contributed by atoms with E-state index < -0.39 is 11.3 Å². The van der Waals surface area contributed by atoms with Gasteiger partial charge in [0.25, 0.3) is 0 Å². The molecular weight excluding hydrogens is 228 g/mol. The maximum atomic E-state index is 11.3. The Hall–Kier alpha value is -1.39. The molecule has 1 aromatic carbocycles. The Morgan fingerprint density at radius 2 is 1.94 bits per heavy atom. The predicted octanol–water partition coefficient (Wildman–Crippen LogP) is 1.28. The monoisotopic (exact) mass is 240 g/mol. The maximum absolute atomic E-state index is 11.3. The molecule has 1 amide bonds. The van der Waals surface area contributed by atoms with Crippen LogP contribution in [-0.2, 0) is 16.0 Å². The number of halogens is 1. The molecule has 5 heteroatoms. The molecule has 0 aliphatic heterocycles. The minimum absolute atomic E-state index is 0.184. The summed E-state index contributed by atoms with van der Waals surface area (Å²) in [6.45, 7) is 1.61. The summed E-state index contributed by atoms with van der Waals surface area (Å²) in [7, 11) is 0. The average molecular weight is 241 g/mol. The molecule has 3 N–H and O–H groups in total. The zero-order valence-corrected chi connectivity index (χ0v) is 9.62. The molecule has 1 aromatic rings. The van der Waals surface area contributed by atoms with Crippen LogP contribution in [0, 0.1) is 0 Å². The Bertz CT molecular complexity index is 387. The quantitative estimate of drug-likeness (QED) is 0.779. The molecule has 0 aliphatic carbocycles. The molecule has 0 fully saturated rings. The third-order valence-corrected chi connectivity index (χ3v) is 2.11. The summed E-state index contributed by atoms with van der Waals surface area (Å²) >= 11 is 5.25. The van der Waals surface area contributed by atoms with E-state index in [1.165, 1.54) is 0 Å². The first kappa shape index (κ1) is 12.7. The molecular formula is C11H13ClN2O2. The van der Waals surface area contributed by atoms with Gasteiger partial charge in [-0.3, -0.25) is 9.59 Å². The van der Waals surface area contributed by atoms with Crippen molar-refractivity contribution >= 4 is 28.4 Å². The van der Waals surface area contributed by atoms with Crippen LogP contribution in [0.4, 0.5) is 5.69 Å². The molecule has 0 saturated carbocycles. The second kappa shape index (κ2) is 5.63. The molecule has 0 aliphatic rings. The Labute approximate surface area is 98.8 Å². The fourth-order valence-electron chi connectivity index (χ4n) is 1.12. The first-order chi connectivity index (χ1) is 7.49. The molecule has 0 heterocycles. The van der Waals surface area contributed by atoms with Gasteiger partial charge in [0, 0.05) is 12.1 Å². The van der Waals surface area contributed by atoms with E-state index in [1.54, 1.807) is 31.2 Å². The predicted molar refractivity (Wildman–Crippen MR) is 63.3 cm³/mol. The standard InChI is InChI=1S/C11H13ClN2O2/c1-7(13)11(16)14-9-4-2-8(3-5-9)6-10(12)15/h2-5,7H,6,13H2,1H3,(H,14,16)/t7-/m0/s1.